The molecule has 326 valence electrons. The highest BCUT2D eigenvalue weighted by Gasteiger charge is 2.45. The maximum absolute atomic E-state index is 13.7. The van der Waals surface area contributed by atoms with Gasteiger partial charge in [-0.05, 0) is 86.8 Å². The van der Waals surface area contributed by atoms with Crippen LogP contribution in [0.2, 0.25) is 0 Å². The highest BCUT2D eigenvalue weighted by molar-refractivity contribution is 7.44. The van der Waals surface area contributed by atoms with Gasteiger partial charge in [-0.1, -0.05) is 72.8 Å². The van der Waals surface area contributed by atoms with Gasteiger partial charge in [0.2, 0.25) is 0 Å². The Morgan fingerprint density at radius 2 is 1.45 bits per heavy atom. The summed E-state index contributed by atoms with van der Waals surface area (Å²) in [5.41, 5.74) is 0.737. The molecule has 1 fully saturated rings. The molecule has 1 aliphatic rings. The maximum atomic E-state index is 13.7. The minimum Gasteiger partial charge on any atom is -0.497 e. The van der Waals surface area contributed by atoms with Crippen molar-refractivity contribution in [2.75, 3.05) is 39.4 Å². The summed E-state index contributed by atoms with van der Waals surface area (Å²) in [7, 11) is 1.54. The number of nitriles is 1. The number of para-hydroxylation sites is 1. The molecule has 62 heavy (non-hydrogen) atoms. The van der Waals surface area contributed by atoms with Gasteiger partial charge in [0, 0.05) is 24.7 Å². The summed E-state index contributed by atoms with van der Waals surface area (Å²) in [6.45, 7) is 8.19. The fraction of sp³-hybridized carbons (Fsp3) is 0.362. The Hall–Kier alpha value is -5.65. The maximum Gasteiger partial charge on any atom is 0.351 e. The van der Waals surface area contributed by atoms with E-state index in [1.807, 2.05) is 84.9 Å². The van der Waals surface area contributed by atoms with Crippen molar-refractivity contribution in [2.45, 2.75) is 76.7 Å². The topological polar surface area (TPSA) is 156 Å². The van der Waals surface area contributed by atoms with Gasteiger partial charge in [0.1, 0.15) is 41.0 Å². The lowest BCUT2D eigenvalue weighted by Gasteiger charge is -2.39. The molecule has 1 N–H and O–H groups in total. The molecule has 6 rings (SSSR count). The van der Waals surface area contributed by atoms with Crippen LogP contribution in [0.4, 0.5) is 5.82 Å². The lowest BCUT2D eigenvalue weighted by Crippen LogP contribution is -2.39. The van der Waals surface area contributed by atoms with Gasteiger partial charge >= 0.3 is 5.69 Å². The Morgan fingerprint density at radius 3 is 2.00 bits per heavy atom. The van der Waals surface area contributed by atoms with E-state index in [-0.39, 0.29) is 50.6 Å². The Morgan fingerprint density at radius 1 is 0.871 bits per heavy atom. The molecular formula is C47H54N5O9P. The highest BCUT2D eigenvalue weighted by Crippen LogP contribution is 2.50. The summed E-state index contributed by atoms with van der Waals surface area (Å²) in [5, 5.41) is 12.0. The van der Waals surface area contributed by atoms with E-state index in [0.29, 0.717) is 17.2 Å². The third-order valence-corrected chi connectivity index (χ3v) is 12.4. The minimum absolute atomic E-state index is 0.0105. The van der Waals surface area contributed by atoms with E-state index in [1.165, 1.54) is 16.8 Å². The van der Waals surface area contributed by atoms with E-state index in [9.17, 15) is 14.9 Å². The predicted molar refractivity (Wildman–Crippen MR) is 236 cm³/mol. The first-order valence-electron chi connectivity index (χ1n) is 20.5. The van der Waals surface area contributed by atoms with Gasteiger partial charge in [-0.25, -0.2) is 9.46 Å². The number of methoxy groups -OCH3 is 2. The van der Waals surface area contributed by atoms with E-state index in [1.54, 1.807) is 38.5 Å². The SMILES string of the molecule is COc1ccc(C(OC[C@H]2O[C@@H](n3ccc(NC(=O)COc4ccccc4)nc3=O)C[C@H]2OP(OCCC#N)N(C(C)C)C(C)C)(c2ccccc2)c2ccc(OC)cc2)cc1. The van der Waals surface area contributed by atoms with Crippen LogP contribution in [0.5, 0.6) is 17.2 Å². The van der Waals surface area contributed by atoms with Crippen molar-refractivity contribution in [2.24, 2.45) is 0 Å². The fourth-order valence-electron chi connectivity index (χ4n) is 7.37. The van der Waals surface area contributed by atoms with Crippen molar-refractivity contribution in [3.63, 3.8) is 0 Å². The number of rotatable bonds is 21. The Labute approximate surface area is 364 Å². The van der Waals surface area contributed by atoms with E-state index >= 15 is 0 Å². The van der Waals surface area contributed by atoms with Crippen LogP contribution in [-0.4, -0.2) is 78.5 Å². The molecule has 0 aliphatic carbocycles. The average Bonchev–Trinajstić information content (AvgIpc) is 3.68. The Bertz CT molecular complexity index is 2220. The van der Waals surface area contributed by atoms with Crippen LogP contribution in [0, 0.1) is 11.3 Å². The number of carbonyl (C=O) groups excluding carboxylic acids is 1. The summed E-state index contributed by atoms with van der Waals surface area (Å²) in [6.07, 6.45) is -0.233. The van der Waals surface area contributed by atoms with Gasteiger partial charge < -0.3 is 38.0 Å². The first kappa shape index (κ1) is 45.9. The van der Waals surface area contributed by atoms with E-state index < -0.39 is 44.2 Å². The molecule has 1 saturated heterocycles. The third kappa shape index (κ3) is 11.2. The van der Waals surface area contributed by atoms with E-state index in [4.69, 9.17) is 32.7 Å². The van der Waals surface area contributed by atoms with Gasteiger partial charge in [-0.15, -0.1) is 0 Å². The zero-order valence-electron chi connectivity index (χ0n) is 35.9. The van der Waals surface area contributed by atoms with Crippen LogP contribution in [0.15, 0.2) is 126 Å². The van der Waals surface area contributed by atoms with Gasteiger partial charge in [0.15, 0.2) is 6.61 Å². The first-order valence-corrected chi connectivity index (χ1v) is 21.6. The van der Waals surface area contributed by atoms with Crippen LogP contribution in [0.3, 0.4) is 0 Å². The standard InChI is InChI=1S/C47H54N5O9P/c1-33(2)52(34(3)4)62(59-29-13-27-48)61-41-30-45(51-28-26-43(50-46(51)54)49-44(53)32-57-40-16-11-8-12-17-40)60-42(41)31-58-47(35-14-9-7-10-15-35,36-18-22-38(55-5)23-19-36)37-20-24-39(56-6)25-21-37/h7-12,14-26,28,33-34,41-42,45H,13,29-32H2,1-6H3,(H,49,50,53,54)/t41-,42-,45-,62?/m1/s1. The largest absolute Gasteiger partial charge is 0.497 e. The van der Waals surface area contributed by atoms with Crippen molar-refractivity contribution in [3.8, 4) is 23.3 Å². The molecule has 4 atom stereocenters. The first-order chi connectivity index (χ1) is 30.1. The third-order valence-electron chi connectivity index (χ3n) is 10.2. The van der Waals surface area contributed by atoms with Crippen LogP contribution in [0.1, 0.15) is 63.5 Å². The summed E-state index contributed by atoms with van der Waals surface area (Å²) >= 11 is 0. The molecular weight excluding hydrogens is 810 g/mol. The van der Waals surface area contributed by atoms with Crippen LogP contribution in [0.25, 0.3) is 0 Å². The number of nitrogens with one attached hydrogen (secondary N) is 1. The Balaban J connectivity index is 1.35. The molecule has 1 unspecified atom stereocenters. The number of carbonyl (C=O) groups is 1. The molecule has 15 heteroatoms. The van der Waals surface area contributed by atoms with Crippen molar-refractivity contribution in [3.05, 3.63) is 149 Å². The van der Waals surface area contributed by atoms with Crippen molar-refractivity contribution in [1.82, 2.24) is 14.2 Å². The number of nitrogens with zero attached hydrogens (tertiary/aromatic N) is 4. The number of amides is 1. The highest BCUT2D eigenvalue weighted by atomic mass is 31.2. The smallest absolute Gasteiger partial charge is 0.351 e. The summed E-state index contributed by atoms with van der Waals surface area (Å²) in [4.78, 5) is 30.6. The monoisotopic (exact) mass is 863 g/mol. The second-order valence-corrected chi connectivity index (χ2v) is 16.4. The van der Waals surface area contributed by atoms with E-state index in [2.05, 4.69) is 48.7 Å². The molecule has 5 aromatic rings. The molecule has 14 nitrogen and oxygen atoms in total. The summed E-state index contributed by atoms with van der Waals surface area (Å²) in [5.74, 6) is 1.52. The van der Waals surface area contributed by atoms with Crippen LogP contribution < -0.4 is 25.2 Å². The summed E-state index contributed by atoms with van der Waals surface area (Å²) in [6, 6.07) is 38.2. The number of benzene rings is 4. The molecule has 4 aromatic carbocycles. The zero-order chi connectivity index (χ0) is 44.1. The zero-order valence-corrected chi connectivity index (χ0v) is 36.8. The average molecular weight is 864 g/mol. The van der Waals surface area contributed by atoms with Gasteiger partial charge in [0.05, 0.1) is 46.0 Å². The minimum atomic E-state index is -1.71. The predicted octanol–water partition coefficient (Wildman–Crippen LogP) is 8.24. The summed E-state index contributed by atoms with van der Waals surface area (Å²) < 4.78 is 47.5. The lowest BCUT2D eigenvalue weighted by atomic mass is 9.80. The van der Waals surface area contributed by atoms with Gasteiger partial charge in [-0.3, -0.25) is 9.36 Å². The van der Waals surface area contributed by atoms with Gasteiger partial charge in [-0.2, -0.15) is 10.2 Å². The Kier molecular flexibility index (Phi) is 16.2. The van der Waals surface area contributed by atoms with Crippen LogP contribution in [-0.2, 0) is 28.9 Å². The molecule has 0 spiro atoms. The van der Waals surface area contributed by atoms with Gasteiger partial charge in [0.25, 0.3) is 14.4 Å². The molecule has 1 aromatic heterocycles. The molecule has 0 radical (unpaired) electrons. The normalized spacial score (nSPS) is 16.9. The lowest BCUT2D eigenvalue weighted by molar-refractivity contribution is -0.118. The fourth-order valence-corrected chi connectivity index (χ4v) is 9.13. The number of anilines is 1. The second-order valence-electron chi connectivity index (χ2n) is 15.0. The van der Waals surface area contributed by atoms with Crippen LogP contribution >= 0.6 is 8.53 Å². The molecule has 2 heterocycles. The molecule has 1 aliphatic heterocycles. The second kappa shape index (κ2) is 21.9. The molecule has 1 amide bonds. The number of ether oxygens (including phenoxy) is 5. The quantitative estimate of drug-likeness (QED) is 0.0429. The number of aromatic nitrogens is 2. The van der Waals surface area contributed by atoms with Crippen molar-refractivity contribution < 1.29 is 37.5 Å². The van der Waals surface area contributed by atoms with E-state index in [0.717, 1.165) is 16.7 Å². The number of hydrogen-bond acceptors (Lipinski definition) is 12. The molecule has 0 saturated carbocycles. The van der Waals surface area contributed by atoms with Crippen molar-refractivity contribution in [1.29, 1.82) is 5.26 Å². The molecule has 0 bridgehead atoms. The number of hydrogen-bond donors (Lipinski definition) is 1. The van der Waals surface area contributed by atoms with Crippen molar-refractivity contribution >= 4 is 20.3 Å².